The number of carbonyl (C=O) groups excluding carboxylic acids is 1. The van der Waals surface area contributed by atoms with Crippen LogP contribution in [0.5, 0.6) is 5.75 Å². The first-order valence-electron chi connectivity index (χ1n) is 9.28. The van der Waals surface area contributed by atoms with Crippen LogP contribution in [0.25, 0.3) is 11.3 Å². The lowest BCUT2D eigenvalue weighted by atomic mass is 10.0. The van der Waals surface area contributed by atoms with Crippen molar-refractivity contribution in [2.45, 2.75) is 32.0 Å². The minimum atomic E-state index is -2.91. The molecule has 0 unspecified atom stereocenters. The Hall–Kier alpha value is -2.52. The van der Waals surface area contributed by atoms with E-state index in [4.69, 9.17) is 10.5 Å². The highest BCUT2D eigenvalue weighted by atomic mass is 19.3. The number of hydrogen-bond acceptors (Lipinski definition) is 5. The molecule has 1 aliphatic rings. The van der Waals surface area contributed by atoms with Gasteiger partial charge in [0.2, 0.25) is 0 Å². The number of nitrogens with two attached hydrogens (primary N) is 1. The molecular formula is C19H24F2N4O3. The predicted octanol–water partition coefficient (Wildman–Crippen LogP) is 2.65. The highest BCUT2D eigenvalue weighted by molar-refractivity contribution is 5.99. The van der Waals surface area contributed by atoms with Gasteiger partial charge in [-0.15, -0.1) is 0 Å². The number of piperidine rings is 1. The summed E-state index contributed by atoms with van der Waals surface area (Å²) in [6, 6.07) is 6.18. The van der Waals surface area contributed by atoms with E-state index < -0.39 is 6.61 Å². The van der Waals surface area contributed by atoms with E-state index in [-0.39, 0.29) is 17.8 Å². The average Bonchev–Trinajstić information content (AvgIpc) is 3.18. The summed E-state index contributed by atoms with van der Waals surface area (Å²) in [6.45, 7) is -0.495. The van der Waals surface area contributed by atoms with Crippen molar-refractivity contribution in [3.63, 3.8) is 0 Å². The number of halogens is 2. The lowest BCUT2D eigenvalue weighted by Crippen LogP contribution is -2.41. The van der Waals surface area contributed by atoms with E-state index in [0.29, 0.717) is 43.1 Å². The van der Waals surface area contributed by atoms with E-state index in [1.807, 2.05) is 0 Å². The van der Waals surface area contributed by atoms with Crippen molar-refractivity contribution in [3.05, 3.63) is 36.0 Å². The van der Waals surface area contributed by atoms with Crippen molar-refractivity contribution in [1.29, 1.82) is 0 Å². The first-order valence-corrected chi connectivity index (χ1v) is 9.28. The average molecular weight is 394 g/mol. The van der Waals surface area contributed by atoms with Gasteiger partial charge >= 0.3 is 6.61 Å². The van der Waals surface area contributed by atoms with Crippen LogP contribution in [0.15, 0.2) is 30.5 Å². The fourth-order valence-electron chi connectivity index (χ4n) is 3.23. The van der Waals surface area contributed by atoms with Crippen LogP contribution in [-0.4, -0.2) is 60.0 Å². The first kappa shape index (κ1) is 20.2. The largest absolute Gasteiger partial charge is 0.435 e. The number of aromatic amines is 1. The molecule has 0 bridgehead atoms. The molecule has 1 amide bonds. The molecule has 1 fully saturated rings. The van der Waals surface area contributed by atoms with Gasteiger partial charge in [0.1, 0.15) is 5.75 Å². The molecule has 9 heteroatoms. The minimum Gasteiger partial charge on any atom is -0.435 e. The number of rotatable bonds is 8. The Bertz CT molecular complexity index is 776. The number of hydrogen-bond donors (Lipinski definition) is 2. The molecule has 2 heterocycles. The number of H-pyrrole nitrogens is 1. The van der Waals surface area contributed by atoms with Gasteiger partial charge in [-0.3, -0.25) is 9.89 Å². The number of alkyl halides is 2. The summed E-state index contributed by atoms with van der Waals surface area (Å²) in [5, 5.41) is 6.76. The number of ether oxygens (including phenoxy) is 2. The minimum absolute atomic E-state index is 0.0240. The number of nitrogens with one attached hydrogen (secondary N) is 1. The van der Waals surface area contributed by atoms with Gasteiger partial charge in [-0.25, -0.2) is 0 Å². The van der Waals surface area contributed by atoms with Crippen LogP contribution in [0.3, 0.4) is 0 Å². The monoisotopic (exact) mass is 394 g/mol. The van der Waals surface area contributed by atoms with Gasteiger partial charge in [0, 0.05) is 25.3 Å². The third kappa shape index (κ3) is 5.05. The molecule has 0 aliphatic carbocycles. The molecule has 1 aliphatic heterocycles. The Labute approximate surface area is 161 Å². The van der Waals surface area contributed by atoms with E-state index >= 15 is 0 Å². The molecule has 0 radical (unpaired) electrons. The molecule has 0 saturated carbocycles. The molecule has 28 heavy (non-hydrogen) atoms. The number of likely N-dealkylation sites (tertiary alicyclic amines) is 1. The number of carbonyl (C=O) groups is 1. The summed E-state index contributed by atoms with van der Waals surface area (Å²) in [4.78, 5) is 14.7. The van der Waals surface area contributed by atoms with Gasteiger partial charge in [-0.2, -0.15) is 13.9 Å². The topological polar surface area (TPSA) is 93.5 Å². The summed E-state index contributed by atoms with van der Waals surface area (Å²) in [5.74, 6) is -0.125. The SMILES string of the molecule is NCCCOC1CCN(C(=O)c2cn[nH]c2-c2cccc(OC(F)F)c2)CC1. The Kier molecular flexibility index (Phi) is 6.94. The van der Waals surface area contributed by atoms with Crippen molar-refractivity contribution < 1.29 is 23.0 Å². The molecule has 152 valence electrons. The van der Waals surface area contributed by atoms with Gasteiger partial charge in [-0.05, 0) is 37.9 Å². The molecule has 1 aromatic heterocycles. The Morgan fingerprint density at radius 3 is 2.86 bits per heavy atom. The second-order valence-electron chi connectivity index (χ2n) is 6.57. The highest BCUT2D eigenvalue weighted by Crippen LogP contribution is 2.27. The quantitative estimate of drug-likeness (QED) is 0.672. The van der Waals surface area contributed by atoms with Crippen LogP contribution in [0, 0.1) is 0 Å². The van der Waals surface area contributed by atoms with Crippen LogP contribution >= 0.6 is 0 Å². The van der Waals surface area contributed by atoms with Gasteiger partial charge in [-0.1, -0.05) is 12.1 Å². The molecule has 1 saturated heterocycles. The third-order valence-electron chi connectivity index (χ3n) is 4.65. The van der Waals surface area contributed by atoms with E-state index in [1.54, 1.807) is 17.0 Å². The van der Waals surface area contributed by atoms with Gasteiger partial charge < -0.3 is 20.1 Å². The van der Waals surface area contributed by atoms with E-state index in [9.17, 15) is 13.6 Å². The summed E-state index contributed by atoms with van der Waals surface area (Å²) in [5.41, 5.74) is 6.90. The number of aromatic nitrogens is 2. The summed E-state index contributed by atoms with van der Waals surface area (Å²) < 4.78 is 35.1. The first-order chi connectivity index (χ1) is 13.6. The van der Waals surface area contributed by atoms with Crippen molar-refractivity contribution in [3.8, 4) is 17.0 Å². The maximum absolute atomic E-state index is 12.9. The zero-order chi connectivity index (χ0) is 19.9. The Balaban J connectivity index is 1.66. The molecule has 0 atom stereocenters. The Morgan fingerprint density at radius 1 is 1.36 bits per heavy atom. The van der Waals surface area contributed by atoms with Crippen molar-refractivity contribution in [1.82, 2.24) is 15.1 Å². The highest BCUT2D eigenvalue weighted by Gasteiger charge is 2.26. The van der Waals surface area contributed by atoms with E-state index in [0.717, 1.165) is 19.3 Å². The van der Waals surface area contributed by atoms with Crippen LogP contribution in [0.2, 0.25) is 0 Å². The second kappa shape index (κ2) is 9.61. The zero-order valence-corrected chi connectivity index (χ0v) is 15.4. The molecule has 7 nitrogen and oxygen atoms in total. The van der Waals surface area contributed by atoms with Crippen LogP contribution in [-0.2, 0) is 4.74 Å². The lowest BCUT2D eigenvalue weighted by Gasteiger charge is -2.32. The molecule has 3 N–H and O–H groups in total. The third-order valence-corrected chi connectivity index (χ3v) is 4.65. The fraction of sp³-hybridized carbons (Fsp3) is 0.474. The smallest absolute Gasteiger partial charge is 0.387 e. The van der Waals surface area contributed by atoms with Crippen LogP contribution < -0.4 is 10.5 Å². The second-order valence-corrected chi connectivity index (χ2v) is 6.57. The summed E-state index contributed by atoms with van der Waals surface area (Å²) in [6.07, 6.45) is 3.96. The molecular weight excluding hydrogens is 370 g/mol. The predicted molar refractivity (Wildman–Crippen MR) is 99.2 cm³/mol. The Morgan fingerprint density at radius 2 is 2.14 bits per heavy atom. The maximum atomic E-state index is 12.9. The summed E-state index contributed by atoms with van der Waals surface area (Å²) >= 11 is 0. The van der Waals surface area contributed by atoms with Gasteiger partial charge in [0.05, 0.1) is 23.6 Å². The van der Waals surface area contributed by atoms with Crippen molar-refractivity contribution in [2.75, 3.05) is 26.2 Å². The molecule has 3 rings (SSSR count). The van der Waals surface area contributed by atoms with Gasteiger partial charge in [0.25, 0.3) is 5.91 Å². The van der Waals surface area contributed by atoms with E-state index in [1.165, 1.54) is 18.3 Å². The van der Waals surface area contributed by atoms with Gasteiger partial charge in [0.15, 0.2) is 0 Å². The standard InChI is InChI=1S/C19H24F2N4O3/c20-19(21)28-15-4-1-3-13(11-15)17-16(12-23-24-17)18(26)25-8-5-14(6-9-25)27-10-2-7-22/h1,3-4,11-12,14,19H,2,5-10,22H2,(H,23,24). The lowest BCUT2D eigenvalue weighted by molar-refractivity contribution is -0.0498. The number of nitrogens with zero attached hydrogens (tertiary/aromatic N) is 2. The maximum Gasteiger partial charge on any atom is 0.387 e. The van der Waals surface area contributed by atoms with E-state index in [2.05, 4.69) is 14.9 Å². The van der Waals surface area contributed by atoms with Crippen LogP contribution in [0.4, 0.5) is 8.78 Å². The number of amides is 1. The fourth-order valence-corrected chi connectivity index (χ4v) is 3.23. The zero-order valence-electron chi connectivity index (χ0n) is 15.4. The van der Waals surface area contributed by atoms with Crippen molar-refractivity contribution >= 4 is 5.91 Å². The van der Waals surface area contributed by atoms with Crippen molar-refractivity contribution in [2.24, 2.45) is 5.73 Å². The molecule has 1 aromatic carbocycles. The van der Waals surface area contributed by atoms with Crippen LogP contribution in [0.1, 0.15) is 29.6 Å². The normalized spacial score (nSPS) is 15.2. The molecule has 0 spiro atoms. The molecule has 2 aromatic rings. The summed E-state index contributed by atoms with van der Waals surface area (Å²) in [7, 11) is 0. The number of benzene rings is 1.